The van der Waals surface area contributed by atoms with E-state index in [1.165, 1.54) is 0 Å². The number of aliphatic hydroxyl groups excluding tert-OH is 2. The zero-order valence-electron chi connectivity index (χ0n) is 12.1. The van der Waals surface area contributed by atoms with Crippen molar-refractivity contribution >= 4 is 0 Å². The van der Waals surface area contributed by atoms with Crippen LogP contribution < -0.4 is 0 Å². The Labute approximate surface area is 105 Å². The highest BCUT2D eigenvalue weighted by molar-refractivity contribution is 4.84. The summed E-state index contributed by atoms with van der Waals surface area (Å²) in [6, 6.07) is 0. The minimum atomic E-state index is -1.01. The van der Waals surface area contributed by atoms with Crippen LogP contribution in [0.5, 0.6) is 0 Å². The van der Waals surface area contributed by atoms with Gasteiger partial charge < -0.3 is 20.4 Å². The molecule has 106 valence electrons. The minimum absolute atomic E-state index is 0.0938. The summed E-state index contributed by atoms with van der Waals surface area (Å²) >= 11 is 0. The maximum Gasteiger partial charge on any atom is 0.0872 e. The minimum Gasteiger partial charge on any atom is -0.396 e. The smallest absolute Gasteiger partial charge is 0.0872 e. The van der Waals surface area contributed by atoms with Gasteiger partial charge >= 0.3 is 0 Å². The van der Waals surface area contributed by atoms with E-state index in [0.717, 1.165) is 12.8 Å². The van der Waals surface area contributed by atoms with E-state index >= 15 is 0 Å². The van der Waals surface area contributed by atoms with Gasteiger partial charge in [-0.25, -0.2) is 0 Å². The molecule has 4 nitrogen and oxygen atoms in total. The first kappa shape index (κ1) is 19.2. The van der Waals surface area contributed by atoms with Gasteiger partial charge in [-0.2, -0.15) is 0 Å². The van der Waals surface area contributed by atoms with E-state index in [9.17, 15) is 0 Å². The van der Waals surface area contributed by atoms with Crippen molar-refractivity contribution in [3.05, 3.63) is 0 Å². The van der Waals surface area contributed by atoms with Gasteiger partial charge in [-0.1, -0.05) is 13.8 Å². The van der Waals surface area contributed by atoms with Crippen LogP contribution in [-0.4, -0.2) is 44.8 Å². The molecule has 0 heterocycles. The Morgan fingerprint density at radius 2 is 0.941 bits per heavy atom. The molecule has 0 aromatic rings. The Balaban J connectivity index is 0. The van der Waals surface area contributed by atoms with Gasteiger partial charge in [0.05, 0.1) is 24.4 Å². The summed E-state index contributed by atoms with van der Waals surface area (Å²) in [5, 5.41) is 35.8. The summed E-state index contributed by atoms with van der Waals surface area (Å²) in [4.78, 5) is 0. The zero-order chi connectivity index (χ0) is 14.3. The van der Waals surface area contributed by atoms with Gasteiger partial charge in [-0.05, 0) is 40.5 Å². The molecule has 0 aliphatic rings. The molecule has 4 N–H and O–H groups in total. The normalized spacial score (nSPS) is 13.1. The number of rotatable bonds is 5. The zero-order valence-corrected chi connectivity index (χ0v) is 12.1. The molecule has 0 aromatic heterocycles. The van der Waals surface area contributed by atoms with E-state index in [1.54, 1.807) is 27.7 Å². The van der Waals surface area contributed by atoms with E-state index in [4.69, 9.17) is 20.4 Å². The summed E-state index contributed by atoms with van der Waals surface area (Å²) in [6.07, 6.45) is 1.69. The second-order valence-electron chi connectivity index (χ2n) is 5.64. The first-order chi connectivity index (χ1) is 7.49. The fourth-order valence-corrected chi connectivity index (χ4v) is 0.747. The molecule has 0 aromatic carbocycles. The Hall–Kier alpha value is -0.160. The van der Waals surface area contributed by atoms with Crippen LogP contribution in [0, 0.1) is 5.41 Å². The van der Waals surface area contributed by atoms with Crippen LogP contribution >= 0.6 is 0 Å². The lowest BCUT2D eigenvalue weighted by Gasteiger charge is -2.31. The van der Waals surface area contributed by atoms with Crippen molar-refractivity contribution in [2.45, 2.75) is 65.6 Å². The van der Waals surface area contributed by atoms with Crippen LogP contribution in [0.3, 0.4) is 0 Å². The van der Waals surface area contributed by atoms with E-state index in [-0.39, 0.29) is 18.6 Å². The summed E-state index contributed by atoms with van der Waals surface area (Å²) in [7, 11) is 0. The standard InChI is InChI=1S/C7H16O2.C6H14O2/c1-3-7(4-2,5-8)6-9;1-5(2,7)6(3,4)8/h8-9H,3-6H2,1-2H3;7-8H,1-4H3. The molecular weight excluding hydrogens is 220 g/mol. The second-order valence-corrected chi connectivity index (χ2v) is 5.64. The maximum absolute atomic E-state index is 9.10. The fourth-order valence-electron chi connectivity index (χ4n) is 0.747. The van der Waals surface area contributed by atoms with Crippen LogP contribution in [0.25, 0.3) is 0 Å². The Bertz CT molecular complexity index is 155. The Kier molecular flexibility index (Phi) is 8.25. The van der Waals surface area contributed by atoms with Crippen LogP contribution in [0.1, 0.15) is 54.4 Å². The molecule has 0 aliphatic carbocycles. The van der Waals surface area contributed by atoms with Crippen molar-refractivity contribution in [2.24, 2.45) is 5.41 Å². The number of hydrogen-bond donors (Lipinski definition) is 4. The van der Waals surface area contributed by atoms with Gasteiger partial charge in [0, 0.05) is 5.41 Å². The lowest BCUT2D eigenvalue weighted by molar-refractivity contribution is -0.107. The quantitative estimate of drug-likeness (QED) is 0.593. The van der Waals surface area contributed by atoms with Crippen molar-refractivity contribution < 1.29 is 20.4 Å². The molecule has 0 spiro atoms. The molecule has 0 saturated heterocycles. The number of hydrogen-bond acceptors (Lipinski definition) is 4. The average Bonchev–Trinajstić information content (AvgIpc) is 2.20. The predicted octanol–water partition coefficient (Wildman–Crippen LogP) is 1.31. The molecule has 0 amide bonds. The average molecular weight is 250 g/mol. The molecule has 4 heteroatoms. The van der Waals surface area contributed by atoms with Crippen LogP contribution in [0.4, 0.5) is 0 Å². The van der Waals surface area contributed by atoms with Crippen LogP contribution in [0.2, 0.25) is 0 Å². The topological polar surface area (TPSA) is 80.9 Å². The van der Waals surface area contributed by atoms with E-state index in [1.807, 2.05) is 13.8 Å². The molecule has 0 rings (SSSR count). The Morgan fingerprint density at radius 1 is 0.706 bits per heavy atom. The van der Waals surface area contributed by atoms with Gasteiger partial charge in [0.1, 0.15) is 0 Å². The lowest BCUT2D eigenvalue weighted by atomic mass is 9.84. The highest BCUT2D eigenvalue weighted by atomic mass is 16.3. The lowest BCUT2D eigenvalue weighted by Crippen LogP contribution is -2.44. The summed E-state index contributed by atoms with van der Waals surface area (Å²) in [5.41, 5.74) is -2.24. The third-order valence-electron chi connectivity index (χ3n) is 3.67. The predicted molar refractivity (Wildman–Crippen MR) is 69.8 cm³/mol. The largest absolute Gasteiger partial charge is 0.396 e. The first-order valence-corrected chi connectivity index (χ1v) is 6.16. The molecule has 0 aliphatic heterocycles. The molecule has 0 saturated carbocycles. The van der Waals surface area contributed by atoms with Gasteiger partial charge in [-0.3, -0.25) is 0 Å². The molecule has 0 bridgehead atoms. The van der Waals surface area contributed by atoms with Gasteiger partial charge in [-0.15, -0.1) is 0 Å². The van der Waals surface area contributed by atoms with E-state index < -0.39 is 11.2 Å². The fraction of sp³-hybridized carbons (Fsp3) is 1.00. The SMILES string of the molecule is CC(C)(O)C(C)(C)O.CCC(CC)(CO)CO. The molecular formula is C13H30O4. The molecule has 0 unspecified atom stereocenters. The molecule has 17 heavy (non-hydrogen) atoms. The highest BCUT2D eigenvalue weighted by Gasteiger charge is 2.31. The van der Waals surface area contributed by atoms with Crippen molar-refractivity contribution in [3.8, 4) is 0 Å². The van der Waals surface area contributed by atoms with Gasteiger partial charge in [0.2, 0.25) is 0 Å². The van der Waals surface area contributed by atoms with Crippen molar-refractivity contribution in [3.63, 3.8) is 0 Å². The summed E-state index contributed by atoms with van der Waals surface area (Å²) in [5.74, 6) is 0. The summed E-state index contributed by atoms with van der Waals surface area (Å²) < 4.78 is 0. The summed E-state index contributed by atoms with van der Waals surface area (Å²) in [6.45, 7) is 10.5. The molecule has 0 fully saturated rings. The van der Waals surface area contributed by atoms with Crippen molar-refractivity contribution in [1.29, 1.82) is 0 Å². The van der Waals surface area contributed by atoms with Crippen LogP contribution in [0.15, 0.2) is 0 Å². The van der Waals surface area contributed by atoms with Crippen molar-refractivity contribution in [1.82, 2.24) is 0 Å². The van der Waals surface area contributed by atoms with Crippen LogP contribution in [-0.2, 0) is 0 Å². The molecule has 0 radical (unpaired) electrons. The highest BCUT2D eigenvalue weighted by Crippen LogP contribution is 2.23. The first-order valence-electron chi connectivity index (χ1n) is 6.16. The third kappa shape index (κ3) is 6.99. The Morgan fingerprint density at radius 3 is 0.941 bits per heavy atom. The van der Waals surface area contributed by atoms with Crippen molar-refractivity contribution in [2.75, 3.05) is 13.2 Å². The van der Waals surface area contributed by atoms with E-state index in [0.29, 0.717) is 0 Å². The van der Waals surface area contributed by atoms with Gasteiger partial charge in [0.25, 0.3) is 0 Å². The van der Waals surface area contributed by atoms with E-state index in [2.05, 4.69) is 0 Å². The second kappa shape index (κ2) is 7.31. The third-order valence-corrected chi connectivity index (χ3v) is 3.67. The van der Waals surface area contributed by atoms with Gasteiger partial charge in [0.15, 0.2) is 0 Å². The molecule has 0 atom stereocenters. The maximum atomic E-state index is 9.10. The monoisotopic (exact) mass is 250 g/mol. The number of aliphatic hydroxyl groups is 4.